The Balaban J connectivity index is 2.08. The van der Waals surface area contributed by atoms with Crippen LogP contribution in [0.3, 0.4) is 0 Å². The van der Waals surface area contributed by atoms with Crippen LogP contribution in [0.5, 0.6) is 11.5 Å². The van der Waals surface area contributed by atoms with Crippen LogP contribution in [-0.4, -0.2) is 61.2 Å². The molecule has 7 nitrogen and oxygen atoms in total. The third-order valence-corrected chi connectivity index (χ3v) is 6.62. The van der Waals surface area contributed by atoms with Gasteiger partial charge in [0.05, 0.1) is 25.7 Å². The Hall–Kier alpha value is -2.54. The molecule has 2 bridgehead atoms. The summed E-state index contributed by atoms with van der Waals surface area (Å²) in [5.41, 5.74) is -0.389. The van der Waals surface area contributed by atoms with Crippen molar-refractivity contribution >= 4 is 11.8 Å². The number of aromatic hydroxyl groups is 1. The number of rotatable bonds is 3. The zero-order valence-corrected chi connectivity index (χ0v) is 16.6. The number of phenols is 1. The number of carbonyl (C=O) groups is 2. The molecular formula is C21H25NO6. The van der Waals surface area contributed by atoms with Gasteiger partial charge in [0.2, 0.25) is 0 Å². The fourth-order valence-corrected chi connectivity index (χ4v) is 5.47. The minimum absolute atomic E-state index is 0.0154. The molecule has 4 rings (SSSR count). The Bertz CT molecular complexity index is 893. The van der Waals surface area contributed by atoms with E-state index in [1.165, 1.54) is 21.1 Å². The van der Waals surface area contributed by atoms with Gasteiger partial charge in [-0.25, -0.2) is 0 Å². The van der Waals surface area contributed by atoms with Gasteiger partial charge in [0.1, 0.15) is 0 Å². The third-order valence-electron chi connectivity index (χ3n) is 6.62. The van der Waals surface area contributed by atoms with Gasteiger partial charge in [-0.2, -0.15) is 0 Å². The van der Waals surface area contributed by atoms with Crippen molar-refractivity contribution in [2.75, 3.05) is 27.8 Å². The van der Waals surface area contributed by atoms with Crippen LogP contribution >= 0.6 is 0 Å². The summed E-state index contributed by atoms with van der Waals surface area (Å²) in [7, 11) is 4.93. The molecular weight excluding hydrogens is 362 g/mol. The number of benzene rings is 1. The number of ketones is 1. The molecule has 0 saturated carbocycles. The number of carbonyl (C=O) groups excluding carboxylic acids is 2. The number of piperidine rings is 1. The molecule has 28 heavy (non-hydrogen) atoms. The first-order valence-corrected chi connectivity index (χ1v) is 9.39. The summed E-state index contributed by atoms with van der Waals surface area (Å²) in [5.74, 6) is -0.0407. The van der Waals surface area contributed by atoms with Crippen molar-refractivity contribution in [1.82, 2.24) is 4.90 Å². The van der Waals surface area contributed by atoms with Crippen molar-refractivity contribution in [2.24, 2.45) is 0 Å². The molecule has 3 aliphatic rings. The molecule has 7 heteroatoms. The quantitative estimate of drug-likeness (QED) is 0.790. The van der Waals surface area contributed by atoms with Gasteiger partial charge in [-0.05, 0) is 38.1 Å². The molecule has 0 unspecified atom stereocenters. The van der Waals surface area contributed by atoms with Crippen molar-refractivity contribution in [3.63, 3.8) is 0 Å². The zero-order chi connectivity index (χ0) is 20.3. The van der Waals surface area contributed by atoms with E-state index in [2.05, 4.69) is 4.90 Å². The van der Waals surface area contributed by atoms with Gasteiger partial charge in [-0.3, -0.25) is 14.5 Å². The van der Waals surface area contributed by atoms with Crippen LogP contribution in [0.25, 0.3) is 0 Å². The Morgan fingerprint density at radius 1 is 1.29 bits per heavy atom. The van der Waals surface area contributed by atoms with Crippen molar-refractivity contribution < 1.29 is 28.9 Å². The minimum atomic E-state index is -1.11. The van der Waals surface area contributed by atoms with Gasteiger partial charge in [0, 0.05) is 25.0 Å². The monoisotopic (exact) mass is 387 g/mol. The molecule has 1 N–H and O–H groups in total. The van der Waals surface area contributed by atoms with E-state index in [0.29, 0.717) is 30.7 Å². The second-order valence-electron chi connectivity index (χ2n) is 7.88. The maximum Gasteiger partial charge on any atom is 0.303 e. The zero-order valence-electron chi connectivity index (χ0n) is 16.6. The average molecular weight is 387 g/mol. The number of likely N-dealkylation sites (N-methyl/N-ethyl adjacent to an activating group) is 1. The molecule has 0 spiro atoms. The topological polar surface area (TPSA) is 85.3 Å². The lowest BCUT2D eigenvalue weighted by Gasteiger charge is -2.62. The van der Waals surface area contributed by atoms with Crippen LogP contribution in [0.1, 0.15) is 30.9 Å². The number of hydrogen-bond acceptors (Lipinski definition) is 7. The maximum atomic E-state index is 12.9. The SMILES string of the molecule is COC1=C[C@]2(OC(C)=O)[C@@H]3Cc4ccc(OC)c(O)c4[C@]2(CCN3C)CC1=O. The van der Waals surface area contributed by atoms with E-state index >= 15 is 0 Å². The van der Waals surface area contributed by atoms with Gasteiger partial charge in [0.15, 0.2) is 28.6 Å². The highest BCUT2D eigenvalue weighted by Gasteiger charge is 2.68. The maximum absolute atomic E-state index is 12.9. The summed E-state index contributed by atoms with van der Waals surface area (Å²) in [6.45, 7) is 2.09. The molecule has 1 saturated heterocycles. The van der Waals surface area contributed by atoms with Crippen LogP contribution in [0.2, 0.25) is 0 Å². The lowest BCUT2D eigenvalue weighted by atomic mass is 9.50. The van der Waals surface area contributed by atoms with Crippen LogP contribution in [0, 0.1) is 0 Å². The molecule has 150 valence electrons. The first kappa shape index (κ1) is 18.8. The van der Waals surface area contributed by atoms with Gasteiger partial charge < -0.3 is 19.3 Å². The van der Waals surface area contributed by atoms with Crippen molar-refractivity contribution in [3.8, 4) is 11.5 Å². The fourth-order valence-electron chi connectivity index (χ4n) is 5.47. The standard InChI is InChI=1S/C21H25NO6/c1-12(23)28-21-11-16(27-4)14(24)10-20(21)7-8-22(2)17(21)9-13-5-6-15(26-3)19(25)18(13)20/h5-6,11,17,25H,7-10H2,1-4H3/t17-,20-,21-/m0/s1. The highest BCUT2D eigenvalue weighted by molar-refractivity contribution is 5.97. The van der Waals surface area contributed by atoms with E-state index in [4.69, 9.17) is 14.2 Å². The number of ether oxygens (including phenoxy) is 3. The molecule has 1 aliphatic heterocycles. The Labute approximate surface area is 163 Å². The number of hydrogen-bond donors (Lipinski definition) is 1. The number of nitrogens with zero attached hydrogens (tertiary/aromatic N) is 1. The highest BCUT2D eigenvalue weighted by Crippen LogP contribution is 2.61. The molecule has 1 heterocycles. The average Bonchev–Trinajstić information content (AvgIpc) is 2.64. The Morgan fingerprint density at radius 3 is 2.68 bits per heavy atom. The number of esters is 1. The van der Waals surface area contributed by atoms with Gasteiger partial charge in [-0.1, -0.05) is 6.07 Å². The molecule has 1 aromatic rings. The predicted octanol–water partition coefficient (Wildman–Crippen LogP) is 1.70. The van der Waals surface area contributed by atoms with E-state index in [1.807, 2.05) is 13.1 Å². The number of methoxy groups -OCH3 is 2. The largest absolute Gasteiger partial charge is 0.504 e. The normalized spacial score (nSPS) is 31.4. The second-order valence-corrected chi connectivity index (χ2v) is 7.88. The summed E-state index contributed by atoms with van der Waals surface area (Å²) in [4.78, 5) is 27.3. The van der Waals surface area contributed by atoms with E-state index in [1.54, 1.807) is 12.1 Å². The van der Waals surface area contributed by atoms with Crippen LogP contribution in [0.15, 0.2) is 24.0 Å². The molecule has 0 radical (unpaired) electrons. The van der Waals surface area contributed by atoms with Crippen molar-refractivity contribution in [3.05, 3.63) is 35.1 Å². The van der Waals surface area contributed by atoms with E-state index in [9.17, 15) is 14.7 Å². The Kier molecular flexibility index (Phi) is 4.19. The lowest BCUT2D eigenvalue weighted by molar-refractivity contribution is -0.183. The van der Waals surface area contributed by atoms with Gasteiger partial charge in [-0.15, -0.1) is 0 Å². The minimum Gasteiger partial charge on any atom is -0.504 e. The van der Waals surface area contributed by atoms with Crippen LogP contribution < -0.4 is 4.74 Å². The fraction of sp³-hybridized carbons (Fsp3) is 0.524. The number of fused-ring (bicyclic) bond motifs is 1. The molecule has 0 aromatic heterocycles. The highest BCUT2D eigenvalue weighted by atomic mass is 16.6. The third kappa shape index (κ3) is 2.25. The van der Waals surface area contributed by atoms with Crippen molar-refractivity contribution in [2.45, 2.75) is 43.2 Å². The van der Waals surface area contributed by atoms with Crippen LogP contribution in [-0.2, 0) is 30.9 Å². The molecule has 1 aromatic carbocycles. The van der Waals surface area contributed by atoms with E-state index in [0.717, 1.165) is 5.56 Å². The second kappa shape index (κ2) is 6.24. The first-order chi connectivity index (χ1) is 13.3. The van der Waals surface area contributed by atoms with Gasteiger partial charge >= 0.3 is 5.97 Å². The summed E-state index contributed by atoms with van der Waals surface area (Å²) in [6.07, 6.45) is 2.89. The van der Waals surface area contributed by atoms with Crippen molar-refractivity contribution in [1.29, 1.82) is 0 Å². The van der Waals surface area contributed by atoms with E-state index in [-0.39, 0.29) is 29.8 Å². The van der Waals surface area contributed by atoms with E-state index < -0.39 is 17.0 Å². The summed E-state index contributed by atoms with van der Waals surface area (Å²) >= 11 is 0. The number of likely N-dealkylation sites (tertiary alicyclic amines) is 1. The lowest BCUT2D eigenvalue weighted by Crippen LogP contribution is -2.73. The molecule has 1 fully saturated rings. The summed E-state index contributed by atoms with van der Waals surface area (Å²) < 4.78 is 16.7. The molecule has 2 aliphatic carbocycles. The summed E-state index contributed by atoms with van der Waals surface area (Å²) in [5, 5.41) is 11.1. The smallest absolute Gasteiger partial charge is 0.303 e. The predicted molar refractivity (Wildman–Crippen MR) is 100 cm³/mol. The summed E-state index contributed by atoms with van der Waals surface area (Å²) in [6, 6.07) is 3.49. The number of phenolic OH excluding ortho intramolecular Hbond substituents is 1. The van der Waals surface area contributed by atoms with Gasteiger partial charge in [0.25, 0.3) is 0 Å². The first-order valence-electron chi connectivity index (χ1n) is 9.39. The van der Waals surface area contributed by atoms with Crippen LogP contribution in [0.4, 0.5) is 0 Å². The molecule has 0 amide bonds. The molecule has 3 atom stereocenters. The number of allylic oxidation sites excluding steroid dienone is 1. The number of Topliss-reactive ketones (excluding diaryl/α,β-unsaturated/α-hetero) is 1. The Morgan fingerprint density at radius 2 is 2.04 bits per heavy atom.